The molecular formula is C19H35Cl2N3O. The Hall–Kier alpha value is -0.810. The average Bonchev–Trinajstić information content (AvgIpc) is 2.57. The second kappa shape index (κ2) is 12.5. The van der Waals surface area contributed by atoms with Crippen molar-refractivity contribution in [1.82, 2.24) is 10.2 Å². The number of amides is 1. The fourth-order valence-corrected chi connectivity index (χ4v) is 2.51. The van der Waals surface area contributed by atoms with Crippen LogP contribution >= 0.6 is 24.8 Å². The Bertz CT molecular complexity index is 488. The number of rotatable bonds is 9. The van der Waals surface area contributed by atoms with Gasteiger partial charge in [0.15, 0.2) is 0 Å². The molecule has 6 heteroatoms. The van der Waals surface area contributed by atoms with Gasteiger partial charge in [0.1, 0.15) is 0 Å². The molecule has 0 aliphatic carbocycles. The Kier molecular flexibility index (Phi) is 13.2. The molecule has 0 saturated heterocycles. The largest absolute Gasteiger partial charge is 0.350 e. The highest BCUT2D eigenvalue weighted by molar-refractivity contribution is 5.94. The van der Waals surface area contributed by atoms with E-state index in [2.05, 4.69) is 44.8 Å². The molecule has 0 spiro atoms. The molecule has 0 fully saturated rings. The number of nitrogens with zero attached hydrogens (tertiary/aromatic N) is 1. The number of benzene rings is 1. The monoisotopic (exact) mass is 391 g/mol. The first kappa shape index (κ1) is 26.4. The summed E-state index contributed by atoms with van der Waals surface area (Å²) in [5, 5.41) is 2.96. The predicted octanol–water partition coefficient (Wildman–Crippen LogP) is 4.01. The van der Waals surface area contributed by atoms with E-state index in [1.807, 2.05) is 24.3 Å². The molecule has 0 aliphatic rings. The lowest BCUT2D eigenvalue weighted by Gasteiger charge is -2.27. The molecule has 1 aromatic rings. The molecule has 0 aliphatic heterocycles. The van der Waals surface area contributed by atoms with E-state index in [9.17, 15) is 4.79 Å². The van der Waals surface area contributed by atoms with Crippen molar-refractivity contribution >= 4 is 30.7 Å². The van der Waals surface area contributed by atoms with Crippen LogP contribution < -0.4 is 11.1 Å². The highest BCUT2D eigenvalue weighted by Gasteiger charge is 2.21. The number of nitrogens with one attached hydrogen (secondary N) is 1. The quantitative estimate of drug-likeness (QED) is 0.668. The van der Waals surface area contributed by atoms with Gasteiger partial charge >= 0.3 is 0 Å². The van der Waals surface area contributed by atoms with Crippen molar-refractivity contribution in [3.63, 3.8) is 0 Å². The molecule has 0 bridgehead atoms. The predicted molar refractivity (Wildman–Crippen MR) is 112 cm³/mol. The van der Waals surface area contributed by atoms with E-state index in [-0.39, 0.29) is 36.3 Å². The van der Waals surface area contributed by atoms with Crippen LogP contribution in [-0.2, 0) is 6.54 Å². The molecule has 4 nitrogen and oxygen atoms in total. The zero-order valence-corrected chi connectivity index (χ0v) is 17.8. The maximum Gasteiger partial charge on any atom is 0.251 e. The summed E-state index contributed by atoms with van der Waals surface area (Å²) >= 11 is 0. The first-order valence-corrected chi connectivity index (χ1v) is 8.75. The minimum absolute atomic E-state index is 0. The van der Waals surface area contributed by atoms with Gasteiger partial charge in [-0.15, -0.1) is 24.8 Å². The number of halogens is 2. The maximum atomic E-state index is 12.2. The third-order valence-corrected chi connectivity index (χ3v) is 4.75. The lowest BCUT2D eigenvalue weighted by Crippen LogP contribution is -2.49. The summed E-state index contributed by atoms with van der Waals surface area (Å²) < 4.78 is 0. The van der Waals surface area contributed by atoms with E-state index in [4.69, 9.17) is 5.73 Å². The fraction of sp³-hybridized carbons (Fsp3) is 0.632. The third kappa shape index (κ3) is 8.41. The SMILES string of the molecule is CCN(Cc1ccc(C(=O)NCC(N)(CC)CC)cc1)C(C)C.Cl.Cl. The van der Waals surface area contributed by atoms with Gasteiger partial charge in [-0.05, 0) is 50.9 Å². The van der Waals surface area contributed by atoms with Crippen LogP contribution in [0.15, 0.2) is 24.3 Å². The molecule has 0 heterocycles. The Balaban J connectivity index is 0. The van der Waals surface area contributed by atoms with Crippen LogP contribution in [0.25, 0.3) is 0 Å². The molecule has 146 valence electrons. The van der Waals surface area contributed by atoms with Crippen LogP contribution in [-0.4, -0.2) is 35.5 Å². The Morgan fingerprint density at radius 3 is 2.04 bits per heavy atom. The summed E-state index contributed by atoms with van der Waals surface area (Å²) in [6.07, 6.45) is 1.70. The minimum Gasteiger partial charge on any atom is -0.350 e. The third-order valence-electron chi connectivity index (χ3n) is 4.75. The molecule has 0 unspecified atom stereocenters. The van der Waals surface area contributed by atoms with Crippen molar-refractivity contribution in [3.8, 4) is 0 Å². The summed E-state index contributed by atoms with van der Waals surface area (Å²) in [7, 11) is 0. The molecule has 1 aromatic carbocycles. The van der Waals surface area contributed by atoms with Crippen molar-refractivity contribution in [1.29, 1.82) is 0 Å². The molecule has 0 radical (unpaired) electrons. The van der Waals surface area contributed by atoms with Gasteiger partial charge in [-0.1, -0.05) is 32.9 Å². The minimum atomic E-state index is -0.311. The van der Waals surface area contributed by atoms with E-state index < -0.39 is 0 Å². The van der Waals surface area contributed by atoms with Crippen molar-refractivity contribution in [2.45, 2.75) is 65.6 Å². The van der Waals surface area contributed by atoms with Crippen LogP contribution in [0.3, 0.4) is 0 Å². The van der Waals surface area contributed by atoms with Crippen molar-refractivity contribution < 1.29 is 4.79 Å². The first-order chi connectivity index (χ1) is 10.8. The van der Waals surface area contributed by atoms with E-state index in [1.165, 1.54) is 5.56 Å². The number of hydrogen-bond donors (Lipinski definition) is 2. The van der Waals surface area contributed by atoms with Crippen LogP contribution in [0.5, 0.6) is 0 Å². The van der Waals surface area contributed by atoms with Gasteiger partial charge in [-0.25, -0.2) is 0 Å². The van der Waals surface area contributed by atoms with Crippen molar-refractivity contribution in [3.05, 3.63) is 35.4 Å². The van der Waals surface area contributed by atoms with Gasteiger partial charge in [0.2, 0.25) is 0 Å². The van der Waals surface area contributed by atoms with Gasteiger partial charge in [-0.2, -0.15) is 0 Å². The highest BCUT2D eigenvalue weighted by Crippen LogP contribution is 2.12. The second-order valence-corrected chi connectivity index (χ2v) is 6.61. The molecule has 25 heavy (non-hydrogen) atoms. The molecule has 1 amide bonds. The van der Waals surface area contributed by atoms with Gasteiger partial charge in [0, 0.05) is 30.2 Å². The second-order valence-electron chi connectivity index (χ2n) is 6.61. The van der Waals surface area contributed by atoms with Gasteiger partial charge in [0.05, 0.1) is 0 Å². The van der Waals surface area contributed by atoms with Crippen LogP contribution in [0, 0.1) is 0 Å². The van der Waals surface area contributed by atoms with Crippen LogP contribution in [0.4, 0.5) is 0 Å². The van der Waals surface area contributed by atoms with Crippen LogP contribution in [0.2, 0.25) is 0 Å². The van der Waals surface area contributed by atoms with E-state index in [1.54, 1.807) is 0 Å². The standard InChI is InChI=1S/C19H33N3O.2ClH/c1-6-19(20,7-2)14-21-18(23)17-11-9-16(10-12-17)13-22(8-3)15(4)5;;/h9-12,15H,6-8,13-14,20H2,1-5H3,(H,21,23);2*1H. The van der Waals surface area contributed by atoms with E-state index >= 15 is 0 Å². The summed E-state index contributed by atoms with van der Waals surface area (Å²) in [6.45, 7) is 13.1. The summed E-state index contributed by atoms with van der Waals surface area (Å²) in [5.74, 6) is -0.0514. The summed E-state index contributed by atoms with van der Waals surface area (Å²) in [4.78, 5) is 14.6. The Morgan fingerprint density at radius 1 is 1.12 bits per heavy atom. The summed E-state index contributed by atoms with van der Waals surface area (Å²) in [6, 6.07) is 8.39. The van der Waals surface area contributed by atoms with Gasteiger partial charge in [-0.3, -0.25) is 9.69 Å². The Morgan fingerprint density at radius 2 is 1.64 bits per heavy atom. The molecule has 0 atom stereocenters. The first-order valence-electron chi connectivity index (χ1n) is 8.75. The normalized spacial score (nSPS) is 11.0. The van der Waals surface area contributed by atoms with Crippen molar-refractivity contribution in [2.75, 3.05) is 13.1 Å². The van der Waals surface area contributed by atoms with Crippen molar-refractivity contribution in [2.24, 2.45) is 5.73 Å². The zero-order valence-electron chi connectivity index (χ0n) is 16.2. The number of carbonyl (C=O) groups is 1. The number of nitrogens with two attached hydrogens (primary N) is 1. The highest BCUT2D eigenvalue weighted by atomic mass is 35.5. The fourth-order valence-electron chi connectivity index (χ4n) is 2.51. The molecule has 1 rings (SSSR count). The molecule has 3 N–H and O–H groups in total. The Labute approximate surface area is 165 Å². The van der Waals surface area contributed by atoms with Gasteiger partial charge in [0.25, 0.3) is 5.91 Å². The average molecular weight is 392 g/mol. The van der Waals surface area contributed by atoms with Crippen LogP contribution in [0.1, 0.15) is 63.4 Å². The summed E-state index contributed by atoms with van der Waals surface area (Å²) in [5.41, 5.74) is 7.83. The smallest absolute Gasteiger partial charge is 0.251 e. The lowest BCUT2D eigenvalue weighted by molar-refractivity contribution is 0.0942. The number of hydrogen-bond acceptors (Lipinski definition) is 3. The maximum absolute atomic E-state index is 12.2. The van der Waals surface area contributed by atoms with Gasteiger partial charge < -0.3 is 11.1 Å². The van der Waals surface area contributed by atoms with E-state index in [0.29, 0.717) is 18.2 Å². The molecule has 0 saturated carbocycles. The lowest BCUT2D eigenvalue weighted by atomic mass is 9.94. The molecular weight excluding hydrogens is 357 g/mol. The van der Waals surface area contributed by atoms with E-state index in [0.717, 1.165) is 25.9 Å². The zero-order chi connectivity index (χ0) is 17.5. The molecule has 0 aromatic heterocycles. The topological polar surface area (TPSA) is 58.4 Å². The number of carbonyl (C=O) groups excluding carboxylic acids is 1.